The summed E-state index contributed by atoms with van der Waals surface area (Å²) in [6.07, 6.45) is 0. The molecule has 1 aromatic carbocycles. The van der Waals surface area contributed by atoms with E-state index in [1.165, 1.54) is 17.9 Å². The van der Waals surface area contributed by atoms with Gasteiger partial charge < -0.3 is 14.6 Å². The molecule has 0 amide bonds. The highest BCUT2D eigenvalue weighted by Crippen LogP contribution is 2.33. The minimum Gasteiger partial charge on any atom is -0.493 e. The van der Waals surface area contributed by atoms with Gasteiger partial charge in [-0.2, -0.15) is 4.68 Å². The van der Waals surface area contributed by atoms with Crippen molar-refractivity contribution in [1.29, 1.82) is 0 Å². The zero-order chi connectivity index (χ0) is 13.1. The lowest BCUT2D eigenvalue weighted by Gasteiger charge is -2.10. The Labute approximate surface area is 102 Å². The number of ether oxygens (including phenoxy) is 2. The van der Waals surface area contributed by atoms with E-state index < -0.39 is 5.97 Å². The van der Waals surface area contributed by atoms with Crippen LogP contribution in [-0.2, 0) is 7.05 Å². The summed E-state index contributed by atoms with van der Waals surface area (Å²) in [6, 6.07) is 4.63. The van der Waals surface area contributed by atoms with E-state index in [1.54, 1.807) is 19.2 Å². The largest absolute Gasteiger partial charge is 0.493 e. The molecule has 0 spiro atoms. The fourth-order valence-electron chi connectivity index (χ4n) is 1.35. The van der Waals surface area contributed by atoms with Gasteiger partial charge in [0, 0.05) is 7.05 Å². The first kappa shape index (κ1) is 11.8. The SMILES string of the molecule is COc1cccc(C(=O)O)c1Oc1nnnn1C. The summed E-state index contributed by atoms with van der Waals surface area (Å²) in [5, 5.41) is 19.7. The second-order valence-corrected chi connectivity index (χ2v) is 3.33. The van der Waals surface area contributed by atoms with E-state index in [4.69, 9.17) is 14.6 Å². The monoisotopic (exact) mass is 250 g/mol. The zero-order valence-corrected chi connectivity index (χ0v) is 9.69. The third-order valence-electron chi connectivity index (χ3n) is 2.20. The van der Waals surface area contributed by atoms with Gasteiger partial charge in [0.25, 0.3) is 0 Å². The Kier molecular flexibility index (Phi) is 3.09. The van der Waals surface area contributed by atoms with Crippen LogP contribution in [0.5, 0.6) is 17.5 Å². The van der Waals surface area contributed by atoms with Crippen LogP contribution in [0.3, 0.4) is 0 Å². The topological polar surface area (TPSA) is 99.4 Å². The van der Waals surface area contributed by atoms with Gasteiger partial charge in [-0.15, -0.1) is 0 Å². The van der Waals surface area contributed by atoms with Gasteiger partial charge in [-0.3, -0.25) is 0 Å². The number of methoxy groups -OCH3 is 1. The molecule has 18 heavy (non-hydrogen) atoms. The molecule has 0 atom stereocenters. The molecular weight excluding hydrogens is 240 g/mol. The molecule has 0 saturated heterocycles. The summed E-state index contributed by atoms with van der Waals surface area (Å²) < 4.78 is 11.7. The Morgan fingerprint density at radius 3 is 2.78 bits per heavy atom. The second-order valence-electron chi connectivity index (χ2n) is 3.33. The van der Waals surface area contributed by atoms with Crippen molar-refractivity contribution >= 4 is 5.97 Å². The van der Waals surface area contributed by atoms with Crippen molar-refractivity contribution in [2.24, 2.45) is 7.05 Å². The minimum atomic E-state index is -1.13. The summed E-state index contributed by atoms with van der Waals surface area (Å²) in [4.78, 5) is 11.1. The zero-order valence-electron chi connectivity index (χ0n) is 9.69. The number of aromatic nitrogens is 4. The molecule has 94 valence electrons. The Balaban J connectivity index is 2.48. The van der Waals surface area contributed by atoms with E-state index in [0.717, 1.165) is 0 Å². The van der Waals surface area contributed by atoms with Crippen LogP contribution in [0.25, 0.3) is 0 Å². The third kappa shape index (κ3) is 2.08. The summed E-state index contributed by atoms with van der Waals surface area (Å²) in [5.41, 5.74) is -0.0302. The number of aryl methyl sites for hydroxylation is 1. The van der Waals surface area contributed by atoms with E-state index in [0.29, 0.717) is 0 Å². The Morgan fingerprint density at radius 2 is 2.22 bits per heavy atom. The van der Waals surface area contributed by atoms with Crippen LogP contribution in [0.2, 0.25) is 0 Å². The average molecular weight is 250 g/mol. The average Bonchev–Trinajstić information content (AvgIpc) is 2.75. The van der Waals surface area contributed by atoms with Crippen molar-refractivity contribution in [3.63, 3.8) is 0 Å². The molecule has 0 aliphatic heterocycles. The number of rotatable bonds is 4. The van der Waals surface area contributed by atoms with Crippen LogP contribution < -0.4 is 9.47 Å². The normalized spacial score (nSPS) is 10.1. The first-order valence-corrected chi connectivity index (χ1v) is 4.94. The van der Waals surface area contributed by atoms with Crippen LogP contribution in [0.4, 0.5) is 0 Å². The fraction of sp³-hybridized carbons (Fsp3) is 0.200. The van der Waals surface area contributed by atoms with E-state index in [2.05, 4.69) is 15.5 Å². The number of benzene rings is 1. The maximum Gasteiger partial charge on any atom is 0.340 e. The minimum absolute atomic E-state index is 0.0302. The van der Waals surface area contributed by atoms with Crippen molar-refractivity contribution in [3.05, 3.63) is 23.8 Å². The van der Waals surface area contributed by atoms with Gasteiger partial charge in [-0.25, -0.2) is 4.79 Å². The number of carboxylic acid groups (broad SMARTS) is 1. The molecule has 0 bridgehead atoms. The molecule has 1 heterocycles. The predicted molar refractivity (Wildman–Crippen MR) is 58.8 cm³/mol. The molecule has 0 aliphatic carbocycles. The fourth-order valence-corrected chi connectivity index (χ4v) is 1.35. The number of nitrogens with zero attached hydrogens (tertiary/aromatic N) is 4. The summed E-state index contributed by atoms with van der Waals surface area (Å²) in [6.45, 7) is 0. The summed E-state index contributed by atoms with van der Waals surface area (Å²) in [7, 11) is 2.99. The van der Waals surface area contributed by atoms with Gasteiger partial charge in [-0.05, 0) is 22.6 Å². The maximum atomic E-state index is 11.1. The Morgan fingerprint density at radius 1 is 1.44 bits per heavy atom. The number of hydrogen-bond donors (Lipinski definition) is 1. The van der Waals surface area contributed by atoms with Crippen molar-refractivity contribution in [3.8, 4) is 17.5 Å². The highest BCUT2D eigenvalue weighted by Gasteiger charge is 2.19. The second kappa shape index (κ2) is 4.70. The molecule has 0 unspecified atom stereocenters. The maximum absolute atomic E-state index is 11.1. The van der Waals surface area contributed by atoms with Gasteiger partial charge in [0.1, 0.15) is 5.56 Å². The quantitative estimate of drug-likeness (QED) is 0.852. The number of aromatic carboxylic acids is 1. The number of carboxylic acids is 1. The first-order chi connectivity index (χ1) is 8.63. The van der Waals surface area contributed by atoms with Gasteiger partial charge in [0.2, 0.25) is 0 Å². The lowest BCUT2D eigenvalue weighted by atomic mass is 10.2. The molecule has 0 saturated carbocycles. The smallest absolute Gasteiger partial charge is 0.340 e. The van der Waals surface area contributed by atoms with Crippen LogP contribution >= 0.6 is 0 Å². The van der Waals surface area contributed by atoms with E-state index >= 15 is 0 Å². The van der Waals surface area contributed by atoms with Crippen LogP contribution in [0, 0.1) is 0 Å². The van der Waals surface area contributed by atoms with Gasteiger partial charge in [0.15, 0.2) is 11.5 Å². The van der Waals surface area contributed by atoms with Crippen LogP contribution in [0.15, 0.2) is 18.2 Å². The first-order valence-electron chi connectivity index (χ1n) is 4.94. The lowest BCUT2D eigenvalue weighted by molar-refractivity contribution is 0.0693. The highest BCUT2D eigenvalue weighted by molar-refractivity contribution is 5.92. The Hall–Kier alpha value is -2.64. The van der Waals surface area contributed by atoms with E-state index in [9.17, 15) is 4.79 Å². The molecule has 0 radical (unpaired) electrons. The van der Waals surface area contributed by atoms with Crippen LogP contribution in [0.1, 0.15) is 10.4 Å². The van der Waals surface area contributed by atoms with Crippen LogP contribution in [-0.4, -0.2) is 38.4 Å². The van der Waals surface area contributed by atoms with Gasteiger partial charge >= 0.3 is 12.0 Å². The summed E-state index contributed by atoms with van der Waals surface area (Å²) >= 11 is 0. The molecule has 8 heteroatoms. The summed E-state index contributed by atoms with van der Waals surface area (Å²) in [5.74, 6) is -0.776. The number of carbonyl (C=O) groups is 1. The van der Waals surface area contributed by atoms with Crippen molar-refractivity contribution < 1.29 is 19.4 Å². The van der Waals surface area contributed by atoms with Crippen molar-refractivity contribution in [1.82, 2.24) is 20.2 Å². The van der Waals surface area contributed by atoms with E-state index in [-0.39, 0.29) is 23.1 Å². The molecule has 2 rings (SSSR count). The van der Waals surface area contributed by atoms with Gasteiger partial charge in [0.05, 0.1) is 7.11 Å². The number of tetrazole rings is 1. The lowest BCUT2D eigenvalue weighted by Crippen LogP contribution is -2.04. The molecule has 1 N–H and O–H groups in total. The van der Waals surface area contributed by atoms with Crippen molar-refractivity contribution in [2.75, 3.05) is 7.11 Å². The third-order valence-corrected chi connectivity index (χ3v) is 2.20. The molecule has 8 nitrogen and oxygen atoms in total. The van der Waals surface area contributed by atoms with E-state index in [1.807, 2.05) is 0 Å². The van der Waals surface area contributed by atoms with Crippen molar-refractivity contribution in [2.45, 2.75) is 0 Å². The Bertz CT molecular complexity index is 581. The molecule has 0 aliphatic rings. The molecule has 1 aromatic heterocycles. The molecule has 0 fully saturated rings. The molecule has 2 aromatic rings. The number of para-hydroxylation sites is 1. The predicted octanol–water partition coefficient (Wildman–Crippen LogP) is 0.709. The number of hydrogen-bond acceptors (Lipinski definition) is 6. The standard InChI is InChI=1S/C10H10N4O4/c1-14-10(11-12-13-14)18-8-6(9(15)16)4-3-5-7(8)17-2/h3-5H,1-2H3,(H,15,16). The highest BCUT2D eigenvalue weighted by atomic mass is 16.5. The molecular formula is C10H10N4O4. The van der Waals surface area contributed by atoms with Gasteiger partial charge in [-0.1, -0.05) is 11.2 Å².